The van der Waals surface area contributed by atoms with Crippen molar-refractivity contribution < 1.29 is 12.8 Å². The molecule has 0 radical (unpaired) electrons. The number of nitrogens with zero attached hydrogens (tertiary/aromatic N) is 2. The summed E-state index contributed by atoms with van der Waals surface area (Å²) in [5, 5.41) is 0. The summed E-state index contributed by atoms with van der Waals surface area (Å²) in [6.07, 6.45) is 5.42. The highest BCUT2D eigenvalue weighted by atomic mass is 32.2. The van der Waals surface area contributed by atoms with Gasteiger partial charge in [-0.2, -0.15) is 0 Å². The summed E-state index contributed by atoms with van der Waals surface area (Å²) in [5.74, 6) is 0.552. The molecule has 0 aliphatic heterocycles. The van der Waals surface area contributed by atoms with Crippen LogP contribution >= 0.6 is 11.3 Å². The molecule has 0 saturated heterocycles. The number of aryl methyl sites for hydroxylation is 1. The van der Waals surface area contributed by atoms with Crippen LogP contribution in [0.15, 0.2) is 51.5 Å². The second-order valence-corrected chi connectivity index (χ2v) is 7.89. The minimum Gasteiger partial charge on any atom is -0.463 e. The Morgan fingerprint density at radius 2 is 2.04 bits per heavy atom. The maximum Gasteiger partial charge on any atom is 0.250 e. The number of hydrogen-bond acceptors (Lipinski definition) is 6. The van der Waals surface area contributed by atoms with Crippen molar-refractivity contribution in [1.29, 1.82) is 0 Å². The third kappa shape index (κ3) is 3.49. The zero-order chi connectivity index (χ0) is 16.3. The Balaban J connectivity index is 1.81. The molecule has 0 aliphatic carbocycles. The molecule has 6 nitrogen and oxygen atoms in total. The van der Waals surface area contributed by atoms with Gasteiger partial charge in [0.1, 0.15) is 9.90 Å². The van der Waals surface area contributed by atoms with E-state index in [0.717, 1.165) is 11.3 Å². The van der Waals surface area contributed by atoms with Crippen LogP contribution in [-0.2, 0) is 23.0 Å². The Labute approximate surface area is 138 Å². The predicted molar refractivity (Wildman–Crippen MR) is 87.5 cm³/mol. The molecule has 3 heterocycles. The van der Waals surface area contributed by atoms with Gasteiger partial charge >= 0.3 is 0 Å². The summed E-state index contributed by atoms with van der Waals surface area (Å²) >= 11 is 1.27. The van der Waals surface area contributed by atoms with E-state index in [1.807, 2.05) is 13.0 Å². The van der Waals surface area contributed by atoms with E-state index < -0.39 is 10.0 Å². The molecule has 120 valence electrons. The first-order chi connectivity index (χ1) is 11.1. The molecule has 23 heavy (non-hydrogen) atoms. The number of hydrogen-bond donors (Lipinski definition) is 1. The number of aromatic nitrogens is 2. The zero-order valence-electron chi connectivity index (χ0n) is 12.4. The molecule has 1 N–H and O–H groups in total. The molecular formula is C15H15N3O3S2. The van der Waals surface area contributed by atoms with Crippen LogP contribution in [0.3, 0.4) is 0 Å². The van der Waals surface area contributed by atoms with Crippen LogP contribution in [0.1, 0.15) is 17.5 Å². The molecule has 3 aromatic heterocycles. The molecule has 0 spiro atoms. The fourth-order valence-electron chi connectivity index (χ4n) is 2.04. The maximum atomic E-state index is 12.4. The number of sulfonamides is 1. The largest absolute Gasteiger partial charge is 0.463 e. The summed E-state index contributed by atoms with van der Waals surface area (Å²) in [7, 11) is -3.56. The van der Waals surface area contributed by atoms with Crippen molar-refractivity contribution in [3.63, 3.8) is 0 Å². The van der Waals surface area contributed by atoms with Crippen LogP contribution in [0, 0.1) is 0 Å². The zero-order valence-corrected chi connectivity index (χ0v) is 14.0. The molecule has 0 fully saturated rings. The third-order valence-electron chi connectivity index (χ3n) is 3.21. The number of furan rings is 1. The van der Waals surface area contributed by atoms with E-state index >= 15 is 0 Å². The quantitative estimate of drug-likeness (QED) is 0.739. The van der Waals surface area contributed by atoms with E-state index in [2.05, 4.69) is 14.7 Å². The summed E-state index contributed by atoms with van der Waals surface area (Å²) in [6.45, 7) is 2.04. The first kappa shape index (κ1) is 15.9. The Bertz CT molecular complexity index is 886. The lowest BCUT2D eigenvalue weighted by Crippen LogP contribution is -2.23. The van der Waals surface area contributed by atoms with Crippen molar-refractivity contribution in [3.8, 4) is 11.5 Å². The van der Waals surface area contributed by atoms with Crippen molar-refractivity contribution in [2.45, 2.75) is 24.1 Å². The van der Waals surface area contributed by atoms with E-state index in [1.54, 1.807) is 24.4 Å². The van der Waals surface area contributed by atoms with Crippen LogP contribution in [0.2, 0.25) is 0 Å². The highest BCUT2D eigenvalue weighted by Crippen LogP contribution is 2.23. The molecule has 0 aromatic carbocycles. The van der Waals surface area contributed by atoms with Crippen molar-refractivity contribution in [1.82, 2.24) is 14.7 Å². The summed E-state index contributed by atoms with van der Waals surface area (Å²) < 4.78 is 32.9. The lowest BCUT2D eigenvalue weighted by Gasteiger charge is -2.07. The fourth-order valence-corrected chi connectivity index (χ4v) is 4.37. The number of nitrogens with one attached hydrogen (secondary N) is 1. The van der Waals surface area contributed by atoms with Crippen LogP contribution in [0.4, 0.5) is 0 Å². The molecule has 0 atom stereocenters. The van der Waals surface area contributed by atoms with Gasteiger partial charge < -0.3 is 4.42 Å². The van der Waals surface area contributed by atoms with Gasteiger partial charge in [0.2, 0.25) is 10.0 Å². The minimum absolute atomic E-state index is 0.0472. The average molecular weight is 349 g/mol. The van der Waals surface area contributed by atoms with Crippen LogP contribution in [0.5, 0.6) is 0 Å². The molecule has 0 unspecified atom stereocenters. The molecule has 0 amide bonds. The second-order valence-electron chi connectivity index (χ2n) is 4.73. The SMILES string of the molecule is CCc1ccc(S(=O)(=O)NCc2nccnc2-c2ccco2)s1. The summed E-state index contributed by atoms with van der Waals surface area (Å²) in [4.78, 5) is 9.46. The average Bonchev–Trinajstić information content (AvgIpc) is 3.24. The van der Waals surface area contributed by atoms with Crippen molar-refractivity contribution in [2.75, 3.05) is 0 Å². The van der Waals surface area contributed by atoms with Gasteiger partial charge in [-0.25, -0.2) is 18.1 Å². The van der Waals surface area contributed by atoms with Gasteiger partial charge in [0, 0.05) is 17.3 Å². The van der Waals surface area contributed by atoms with Crippen molar-refractivity contribution in [2.24, 2.45) is 0 Å². The first-order valence-corrected chi connectivity index (χ1v) is 9.32. The summed E-state index contributed by atoms with van der Waals surface area (Å²) in [6, 6.07) is 6.95. The fraction of sp³-hybridized carbons (Fsp3) is 0.200. The lowest BCUT2D eigenvalue weighted by molar-refractivity contribution is 0.574. The van der Waals surface area contributed by atoms with Gasteiger partial charge in [0.05, 0.1) is 18.5 Å². The monoisotopic (exact) mass is 349 g/mol. The molecule has 0 bridgehead atoms. The Hall–Kier alpha value is -2.03. The Morgan fingerprint density at radius 3 is 2.74 bits per heavy atom. The van der Waals surface area contributed by atoms with Gasteiger partial charge in [-0.3, -0.25) is 4.98 Å². The Morgan fingerprint density at radius 1 is 1.22 bits per heavy atom. The van der Waals surface area contributed by atoms with E-state index in [0.29, 0.717) is 21.4 Å². The first-order valence-electron chi connectivity index (χ1n) is 7.02. The van der Waals surface area contributed by atoms with Gasteiger partial charge in [-0.1, -0.05) is 6.92 Å². The van der Waals surface area contributed by atoms with Gasteiger partial charge in [0.15, 0.2) is 5.76 Å². The third-order valence-corrected chi connectivity index (χ3v) is 6.33. The van der Waals surface area contributed by atoms with Gasteiger partial charge in [0.25, 0.3) is 0 Å². The number of rotatable bonds is 6. The van der Waals surface area contributed by atoms with Crippen LogP contribution in [-0.4, -0.2) is 18.4 Å². The minimum atomic E-state index is -3.56. The van der Waals surface area contributed by atoms with Crippen molar-refractivity contribution in [3.05, 3.63) is 53.5 Å². The van der Waals surface area contributed by atoms with E-state index in [1.165, 1.54) is 23.8 Å². The van der Waals surface area contributed by atoms with Gasteiger partial charge in [-0.15, -0.1) is 11.3 Å². The topological polar surface area (TPSA) is 85.1 Å². The maximum absolute atomic E-state index is 12.4. The molecular weight excluding hydrogens is 334 g/mol. The molecule has 0 aliphatic rings. The standard InChI is InChI=1S/C15H15N3O3S2/c1-2-11-5-6-14(22-11)23(19,20)18-10-12-15(17-8-7-16-12)13-4-3-9-21-13/h3-9,18H,2,10H2,1H3. The van der Waals surface area contributed by atoms with E-state index in [4.69, 9.17) is 4.42 Å². The smallest absolute Gasteiger partial charge is 0.250 e. The summed E-state index contributed by atoms with van der Waals surface area (Å²) in [5.41, 5.74) is 1.04. The van der Waals surface area contributed by atoms with Crippen LogP contribution < -0.4 is 4.72 Å². The van der Waals surface area contributed by atoms with E-state index in [9.17, 15) is 8.42 Å². The normalized spacial score (nSPS) is 11.7. The van der Waals surface area contributed by atoms with Gasteiger partial charge in [-0.05, 0) is 30.7 Å². The second kappa shape index (κ2) is 6.61. The lowest BCUT2D eigenvalue weighted by atomic mass is 10.2. The van der Waals surface area contributed by atoms with E-state index in [-0.39, 0.29) is 6.54 Å². The number of thiophene rings is 1. The highest BCUT2D eigenvalue weighted by molar-refractivity contribution is 7.91. The molecule has 3 rings (SSSR count). The highest BCUT2D eigenvalue weighted by Gasteiger charge is 2.18. The molecule has 8 heteroatoms. The van der Waals surface area contributed by atoms with Crippen LogP contribution in [0.25, 0.3) is 11.5 Å². The van der Waals surface area contributed by atoms with Crippen molar-refractivity contribution >= 4 is 21.4 Å². The molecule has 0 saturated carbocycles. The molecule has 3 aromatic rings. The Kier molecular flexibility index (Phi) is 4.56. The predicted octanol–water partition coefficient (Wildman–Crippen LogP) is 2.84.